The van der Waals surface area contributed by atoms with Crippen molar-refractivity contribution in [2.24, 2.45) is 5.14 Å². The molecule has 0 aliphatic carbocycles. The molecule has 8 heteroatoms. The van der Waals surface area contributed by atoms with Gasteiger partial charge < -0.3 is 9.47 Å². The van der Waals surface area contributed by atoms with Crippen LogP contribution in [0.25, 0.3) is 0 Å². The lowest BCUT2D eigenvalue weighted by molar-refractivity contribution is 0.00554. The second-order valence-corrected chi connectivity index (χ2v) is 5.72. The van der Waals surface area contributed by atoms with Crippen molar-refractivity contribution in [3.8, 4) is 5.75 Å². The summed E-state index contributed by atoms with van der Waals surface area (Å²) in [6, 6.07) is 1.93. The lowest BCUT2D eigenvalue weighted by Gasteiger charge is -2.23. The molecule has 0 saturated carbocycles. The van der Waals surface area contributed by atoms with Gasteiger partial charge in [-0.3, -0.25) is 0 Å². The van der Waals surface area contributed by atoms with E-state index in [0.29, 0.717) is 13.0 Å². The lowest BCUT2D eigenvalue weighted by atomic mass is 10.2. The summed E-state index contributed by atoms with van der Waals surface area (Å²) in [5.74, 6) is -3.24. The smallest absolute Gasteiger partial charge is 0.241 e. The van der Waals surface area contributed by atoms with E-state index in [-0.39, 0.29) is 18.5 Å². The van der Waals surface area contributed by atoms with Crippen molar-refractivity contribution in [2.45, 2.75) is 23.8 Å². The largest absolute Gasteiger partial charge is 0.485 e. The number of halogens is 2. The van der Waals surface area contributed by atoms with E-state index in [0.717, 1.165) is 18.6 Å². The maximum atomic E-state index is 13.7. The second-order valence-electron chi connectivity index (χ2n) is 4.19. The third kappa shape index (κ3) is 3.20. The standard InChI is InChI=1S/C11H13F2NO4S/c12-10-8(18-7-2-1-5-17-6-7)3-4-9(11(10)13)19(14,15)16/h3-4,7H,1-2,5-6H2,(H2,14,15,16). The summed E-state index contributed by atoms with van der Waals surface area (Å²) in [5, 5.41) is 4.77. The first kappa shape index (κ1) is 14.2. The molecule has 0 amide bonds. The van der Waals surface area contributed by atoms with Crippen LogP contribution in [0.3, 0.4) is 0 Å². The molecule has 1 heterocycles. The summed E-state index contributed by atoms with van der Waals surface area (Å²) in [4.78, 5) is -0.891. The Hall–Kier alpha value is -1.25. The van der Waals surface area contributed by atoms with E-state index in [4.69, 9.17) is 14.6 Å². The van der Waals surface area contributed by atoms with Gasteiger partial charge in [0.2, 0.25) is 15.8 Å². The second kappa shape index (κ2) is 5.40. The molecule has 2 rings (SSSR count). The van der Waals surface area contributed by atoms with Crippen LogP contribution in [-0.4, -0.2) is 27.7 Å². The van der Waals surface area contributed by atoms with Gasteiger partial charge in [0.15, 0.2) is 11.6 Å². The van der Waals surface area contributed by atoms with E-state index in [2.05, 4.69) is 0 Å². The minimum absolute atomic E-state index is 0.290. The molecule has 1 fully saturated rings. The van der Waals surface area contributed by atoms with Crippen molar-refractivity contribution in [3.63, 3.8) is 0 Å². The molecular formula is C11H13F2NO4S. The van der Waals surface area contributed by atoms with Crippen molar-refractivity contribution in [3.05, 3.63) is 23.8 Å². The number of ether oxygens (including phenoxy) is 2. The third-order valence-electron chi connectivity index (χ3n) is 2.73. The molecule has 1 aromatic carbocycles. The first-order chi connectivity index (χ1) is 8.89. The minimum atomic E-state index is -4.30. The molecular weight excluding hydrogens is 280 g/mol. The lowest BCUT2D eigenvalue weighted by Crippen LogP contribution is -2.28. The topological polar surface area (TPSA) is 78.6 Å². The molecule has 1 aromatic rings. The third-order valence-corrected chi connectivity index (χ3v) is 3.66. The highest BCUT2D eigenvalue weighted by Crippen LogP contribution is 2.26. The van der Waals surface area contributed by atoms with Gasteiger partial charge in [0.25, 0.3) is 0 Å². The van der Waals surface area contributed by atoms with Crippen molar-refractivity contribution >= 4 is 10.0 Å². The highest BCUT2D eigenvalue weighted by Gasteiger charge is 2.23. The Labute approximate surface area is 109 Å². The van der Waals surface area contributed by atoms with Crippen LogP contribution in [0, 0.1) is 11.6 Å². The zero-order valence-corrected chi connectivity index (χ0v) is 10.8. The van der Waals surface area contributed by atoms with Crippen LogP contribution >= 0.6 is 0 Å². The van der Waals surface area contributed by atoms with Crippen molar-refractivity contribution in [2.75, 3.05) is 13.2 Å². The Balaban J connectivity index is 2.26. The fraction of sp³-hybridized carbons (Fsp3) is 0.455. The maximum Gasteiger partial charge on any atom is 0.241 e. The number of nitrogens with two attached hydrogens (primary N) is 1. The van der Waals surface area contributed by atoms with E-state index in [1.807, 2.05) is 0 Å². The normalized spacial score (nSPS) is 20.3. The number of benzene rings is 1. The average molecular weight is 293 g/mol. The van der Waals surface area contributed by atoms with Crippen LogP contribution in [0.5, 0.6) is 5.75 Å². The van der Waals surface area contributed by atoms with Gasteiger partial charge in [-0.05, 0) is 25.0 Å². The Morgan fingerprint density at radius 3 is 2.63 bits per heavy atom. The summed E-state index contributed by atoms with van der Waals surface area (Å²) >= 11 is 0. The molecule has 1 aliphatic heterocycles. The quantitative estimate of drug-likeness (QED) is 0.907. The molecule has 5 nitrogen and oxygen atoms in total. The molecule has 1 aliphatic rings. The van der Waals surface area contributed by atoms with E-state index < -0.39 is 26.6 Å². The Bertz CT molecular complexity index is 570. The maximum absolute atomic E-state index is 13.7. The highest BCUT2D eigenvalue weighted by molar-refractivity contribution is 7.89. The Morgan fingerprint density at radius 2 is 2.05 bits per heavy atom. The summed E-state index contributed by atoms with van der Waals surface area (Å²) in [6.45, 7) is 0.902. The van der Waals surface area contributed by atoms with E-state index >= 15 is 0 Å². The minimum Gasteiger partial charge on any atom is -0.485 e. The number of sulfonamides is 1. The van der Waals surface area contributed by atoms with Gasteiger partial charge in [-0.1, -0.05) is 0 Å². The molecule has 1 unspecified atom stereocenters. The molecule has 1 atom stereocenters. The Morgan fingerprint density at radius 1 is 1.32 bits per heavy atom. The van der Waals surface area contributed by atoms with Gasteiger partial charge in [0, 0.05) is 6.61 Å². The van der Waals surface area contributed by atoms with E-state index in [1.165, 1.54) is 0 Å². The molecule has 0 spiro atoms. The summed E-state index contributed by atoms with van der Waals surface area (Å²) in [6.07, 6.45) is 1.06. The van der Waals surface area contributed by atoms with Gasteiger partial charge in [-0.2, -0.15) is 4.39 Å². The highest BCUT2D eigenvalue weighted by atomic mass is 32.2. The molecule has 19 heavy (non-hydrogen) atoms. The van der Waals surface area contributed by atoms with Gasteiger partial charge >= 0.3 is 0 Å². The van der Waals surface area contributed by atoms with Gasteiger partial charge in [-0.25, -0.2) is 17.9 Å². The summed E-state index contributed by atoms with van der Waals surface area (Å²) in [7, 11) is -4.30. The SMILES string of the molecule is NS(=O)(=O)c1ccc(OC2CCCOC2)c(F)c1F. The van der Waals surface area contributed by atoms with Crippen LogP contribution in [0.2, 0.25) is 0 Å². The van der Waals surface area contributed by atoms with Crippen molar-refractivity contribution in [1.29, 1.82) is 0 Å². The predicted octanol–water partition coefficient (Wildman–Crippen LogP) is 1.17. The zero-order chi connectivity index (χ0) is 14.0. The number of hydrogen-bond donors (Lipinski definition) is 1. The molecule has 0 bridgehead atoms. The number of hydrogen-bond acceptors (Lipinski definition) is 4. The number of primary sulfonamides is 1. The molecule has 2 N–H and O–H groups in total. The molecule has 106 valence electrons. The summed E-state index contributed by atoms with van der Waals surface area (Å²) in [5.41, 5.74) is 0. The first-order valence-corrected chi connectivity index (χ1v) is 7.19. The van der Waals surface area contributed by atoms with Crippen molar-refractivity contribution < 1.29 is 26.7 Å². The monoisotopic (exact) mass is 293 g/mol. The van der Waals surface area contributed by atoms with Crippen LogP contribution in [-0.2, 0) is 14.8 Å². The zero-order valence-electron chi connectivity index (χ0n) is 9.93. The first-order valence-electron chi connectivity index (χ1n) is 5.65. The molecule has 0 aromatic heterocycles. The van der Waals surface area contributed by atoms with E-state index in [9.17, 15) is 17.2 Å². The van der Waals surface area contributed by atoms with Crippen LogP contribution in [0.1, 0.15) is 12.8 Å². The summed E-state index contributed by atoms with van der Waals surface area (Å²) < 4.78 is 59.7. The van der Waals surface area contributed by atoms with Crippen LogP contribution in [0.15, 0.2) is 17.0 Å². The fourth-order valence-corrected chi connectivity index (χ4v) is 2.41. The van der Waals surface area contributed by atoms with Gasteiger partial charge in [0.1, 0.15) is 11.0 Å². The Kier molecular flexibility index (Phi) is 4.02. The van der Waals surface area contributed by atoms with Crippen LogP contribution < -0.4 is 9.88 Å². The molecule has 1 saturated heterocycles. The van der Waals surface area contributed by atoms with Crippen molar-refractivity contribution in [1.82, 2.24) is 0 Å². The fourth-order valence-electron chi connectivity index (χ4n) is 1.81. The predicted molar refractivity (Wildman–Crippen MR) is 62.2 cm³/mol. The van der Waals surface area contributed by atoms with Crippen LogP contribution in [0.4, 0.5) is 8.78 Å². The van der Waals surface area contributed by atoms with E-state index in [1.54, 1.807) is 0 Å². The molecule has 0 radical (unpaired) electrons. The number of rotatable bonds is 3. The van der Waals surface area contributed by atoms with Gasteiger partial charge in [-0.15, -0.1) is 0 Å². The van der Waals surface area contributed by atoms with Gasteiger partial charge in [0.05, 0.1) is 6.61 Å². The average Bonchev–Trinajstić information content (AvgIpc) is 2.35.